The fourth-order valence-electron chi connectivity index (χ4n) is 4.26. The Morgan fingerprint density at radius 1 is 0.920 bits per heavy atom. The first-order valence-electron chi connectivity index (χ1n) is 10.8. The first-order valence-corrected chi connectivity index (χ1v) is 10.8. The van der Waals surface area contributed by atoms with E-state index in [-0.39, 0.29) is 0 Å². The lowest BCUT2D eigenvalue weighted by atomic mass is 10.1. The van der Waals surface area contributed by atoms with Crippen molar-refractivity contribution in [1.82, 2.24) is 20.4 Å². The van der Waals surface area contributed by atoms with Gasteiger partial charge in [-0.25, -0.2) is 0 Å². The second-order valence-electron chi connectivity index (χ2n) is 8.15. The van der Waals surface area contributed by atoms with Crippen molar-refractivity contribution in [1.29, 1.82) is 0 Å². The number of likely N-dealkylation sites (tertiary alicyclic amines) is 2. The molecule has 3 rings (SSSR count). The molecule has 0 aromatic carbocycles. The standard InChI is InChI=1S/C20H39N5/c1-21-20(23-18-10-16-25(17-11-18)19-8-9-19)22-12-4-2-5-13-24-14-6-3-7-15-24/h18-19H,2-17H2,1H3,(H2,21,22,23). The minimum absolute atomic E-state index is 0.598. The number of nitrogens with zero attached hydrogens (tertiary/aromatic N) is 3. The molecular formula is C20H39N5. The molecule has 5 heteroatoms. The Hall–Kier alpha value is -0.810. The summed E-state index contributed by atoms with van der Waals surface area (Å²) in [6.45, 7) is 7.52. The van der Waals surface area contributed by atoms with E-state index in [9.17, 15) is 0 Å². The molecule has 5 nitrogen and oxygen atoms in total. The van der Waals surface area contributed by atoms with Gasteiger partial charge in [0.2, 0.25) is 0 Å². The normalized spacial score (nSPS) is 24.4. The molecule has 3 aliphatic rings. The lowest BCUT2D eigenvalue weighted by molar-refractivity contribution is 0.197. The summed E-state index contributed by atoms with van der Waals surface area (Å²) in [7, 11) is 1.89. The molecule has 144 valence electrons. The first kappa shape index (κ1) is 19.0. The van der Waals surface area contributed by atoms with Crippen LogP contribution < -0.4 is 10.6 Å². The summed E-state index contributed by atoms with van der Waals surface area (Å²) >= 11 is 0. The van der Waals surface area contributed by atoms with Crippen LogP contribution in [0.3, 0.4) is 0 Å². The summed E-state index contributed by atoms with van der Waals surface area (Å²) in [6.07, 6.45) is 13.5. The van der Waals surface area contributed by atoms with Crippen LogP contribution in [-0.4, -0.2) is 74.2 Å². The molecule has 0 bridgehead atoms. The number of hydrogen-bond donors (Lipinski definition) is 2. The van der Waals surface area contributed by atoms with E-state index in [2.05, 4.69) is 25.4 Å². The Morgan fingerprint density at radius 3 is 2.36 bits per heavy atom. The summed E-state index contributed by atoms with van der Waals surface area (Å²) in [5.41, 5.74) is 0. The zero-order chi connectivity index (χ0) is 17.3. The van der Waals surface area contributed by atoms with E-state index in [0.29, 0.717) is 6.04 Å². The highest BCUT2D eigenvalue weighted by Crippen LogP contribution is 2.29. The third kappa shape index (κ3) is 6.78. The highest BCUT2D eigenvalue weighted by Gasteiger charge is 2.31. The second-order valence-corrected chi connectivity index (χ2v) is 8.15. The minimum atomic E-state index is 0.598. The largest absolute Gasteiger partial charge is 0.356 e. The fourth-order valence-corrected chi connectivity index (χ4v) is 4.26. The van der Waals surface area contributed by atoms with Gasteiger partial charge in [-0.1, -0.05) is 12.8 Å². The van der Waals surface area contributed by atoms with E-state index >= 15 is 0 Å². The molecule has 2 N–H and O–H groups in total. The zero-order valence-electron chi connectivity index (χ0n) is 16.3. The maximum absolute atomic E-state index is 4.41. The maximum atomic E-state index is 4.41. The molecule has 2 aliphatic heterocycles. The third-order valence-corrected chi connectivity index (χ3v) is 6.05. The van der Waals surface area contributed by atoms with Crippen LogP contribution in [0.25, 0.3) is 0 Å². The fraction of sp³-hybridized carbons (Fsp3) is 0.950. The lowest BCUT2D eigenvalue weighted by Gasteiger charge is -2.33. The molecule has 0 radical (unpaired) electrons. The SMILES string of the molecule is CN=C(NCCCCCN1CCCCC1)NC1CCN(C2CC2)CC1. The van der Waals surface area contributed by atoms with E-state index < -0.39 is 0 Å². The van der Waals surface area contributed by atoms with Crippen LogP contribution in [0.4, 0.5) is 0 Å². The number of aliphatic imine (C=N–C) groups is 1. The second kappa shape index (κ2) is 10.4. The van der Waals surface area contributed by atoms with E-state index in [4.69, 9.17) is 0 Å². The number of piperidine rings is 2. The highest BCUT2D eigenvalue weighted by molar-refractivity contribution is 5.79. The molecular weight excluding hydrogens is 310 g/mol. The molecule has 25 heavy (non-hydrogen) atoms. The van der Waals surface area contributed by atoms with Crippen LogP contribution in [-0.2, 0) is 0 Å². The minimum Gasteiger partial charge on any atom is -0.356 e. The van der Waals surface area contributed by atoms with Gasteiger partial charge in [0.05, 0.1) is 0 Å². The van der Waals surface area contributed by atoms with Crippen molar-refractivity contribution in [3.8, 4) is 0 Å². The molecule has 0 unspecified atom stereocenters. The monoisotopic (exact) mass is 349 g/mol. The van der Waals surface area contributed by atoms with E-state index in [1.807, 2.05) is 7.05 Å². The number of unbranched alkanes of at least 4 members (excludes halogenated alkanes) is 2. The molecule has 2 saturated heterocycles. The van der Waals surface area contributed by atoms with Crippen LogP contribution >= 0.6 is 0 Å². The predicted molar refractivity (Wildman–Crippen MR) is 106 cm³/mol. The van der Waals surface area contributed by atoms with Gasteiger partial charge in [-0.3, -0.25) is 4.99 Å². The van der Waals surface area contributed by atoms with Crippen molar-refractivity contribution < 1.29 is 0 Å². The van der Waals surface area contributed by atoms with Crippen LogP contribution in [0.15, 0.2) is 4.99 Å². The Labute approximate surface area is 154 Å². The van der Waals surface area contributed by atoms with Gasteiger partial charge in [0.15, 0.2) is 5.96 Å². The summed E-state index contributed by atoms with van der Waals surface area (Å²) in [6, 6.07) is 1.52. The van der Waals surface area contributed by atoms with Gasteiger partial charge in [0, 0.05) is 38.8 Å². The van der Waals surface area contributed by atoms with Crippen LogP contribution in [0.5, 0.6) is 0 Å². The van der Waals surface area contributed by atoms with Crippen molar-refractivity contribution in [3.05, 3.63) is 0 Å². The Morgan fingerprint density at radius 2 is 1.68 bits per heavy atom. The van der Waals surface area contributed by atoms with Gasteiger partial charge >= 0.3 is 0 Å². The van der Waals surface area contributed by atoms with Gasteiger partial charge in [-0.05, 0) is 71.0 Å². The van der Waals surface area contributed by atoms with Crippen molar-refractivity contribution in [2.24, 2.45) is 4.99 Å². The Bertz CT molecular complexity index is 393. The van der Waals surface area contributed by atoms with Crippen molar-refractivity contribution in [3.63, 3.8) is 0 Å². The Kier molecular flexibility index (Phi) is 7.86. The number of rotatable bonds is 8. The van der Waals surface area contributed by atoms with E-state index in [0.717, 1.165) is 18.5 Å². The number of nitrogens with one attached hydrogen (secondary N) is 2. The third-order valence-electron chi connectivity index (χ3n) is 6.05. The summed E-state index contributed by atoms with van der Waals surface area (Å²) in [5, 5.41) is 7.15. The molecule has 0 atom stereocenters. The van der Waals surface area contributed by atoms with E-state index in [1.165, 1.54) is 96.9 Å². The molecule has 0 aromatic heterocycles. The molecule has 1 aliphatic carbocycles. The van der Waals surface area contributed by atoms with Crippen LogP contribution in [0.2, 0.25) is 0 Å². The summed E-state index contributed by atoms with van der Waals surface area (Å²) < 4.78 is 0. The summed E-state index contributed by atoms with van der Waals surface area (Å²) in [4.78, 5) is 9.73. The number of hydrogen-bond acceptors (Lipinski definition) is 3. The molecule has 2 heterocycles. The highest BCUT2D eigenvalue weighted by atomic mass is 15.2. The average molecular weight is 350 g/mol. The molecule has 0 amide bonds. The lowest BCUT2D eigenvalue weighted by Crippen LogP contribution is -2.49. The molecule has 0 aromatic rings. The van der Waals surface area contributed by atoms with Crippen molar-refractivity contribution in [2.75, 3.05) is 46.3 Å². The summed E-state index contributed by atoms with van der Waals surface area (Å²) in [5.74, 6) is 1.00. The van der Waals surface area contributed by atoms with Crippen LogP contribution in [0.1, 0.15) is 64.2 Å². The topological polar surface area (TPSA) is 42.9 Å². The van der Waals surface area contributed by atoms with Crippen LogP contribution in [0, 0.1) is 0 Å². The molecule has 3 fully saturated rings. The Balaban J connectivity index is 1.20. The van der Waals surface area contributed by atoms with Crippen molar-refractivity contribution in [2.45, 2.75) is 76.3 Å². The van der Waals surface area contributed by atoms with E-state index in [1.54, 1.807) is 0 Å². The van der Waals surface area contributed by atoms with Gasteiger partial charge in [0.25, 0.3) is 0 Å². The first-order chi connectivity index (χ1) is 12.3. The van der Waals surface area contributed by atoms with Gasteiger partial charge < -0.3 is 20.4 Å². The predicted octanol–water partition coefficient (Wildman–Crippen LogP) is 2.43. The average Bonchev–Trinajstić information content (AvgIpc) is 3.50. The van der Waals surface area contributed by atoms with Gasteiger partial charge in [0.1, 0.15) is 0 Å². The van der Waals surface area contributed by atoms with Gasteiger partial charge in [-0.15, -0.1) is 0 Å². The smallest absolute Gasteiger partial charge is 0.191 e. The number of guanidine groups is 1. The van der Waals surface area contributed by atoms with Gasteiger partial charge in [-0.2, -0.15) is 0 Å². The molecule has 0 spiro atoms. The van der Waals surface area contributed by atoms with Crippen molar-refractivity contribution >= 4 is 5.96 Å². The quantitative estimate of drug-likeness (QED) is 0.401. The zero-order valence-corrected chi connectivity index (χ0v) is 16.3. The maximum Gasteiger partial charge on any atom is 0.191 e. The molecule has 1 saturated carbocycles.